The van der Waals surface area contributed by atoms with Gasteiger partial charge in [-0.05, 0) is 37.3 Å². The highest BCUT2D eigenvalue weighted by molar-refractivity contribution is 6.32. The maximum Gasteiger partial charge on any atom is 0.318 e. The van der Waals surface area contributed by atoms with Gasteiger partial charge >= 0.3 is 6.01 Å². The maximum absolute atomic E-state index is 16.1. The van der Waals surface area contributed by atoms with Crippen molar-refractivity contribution in [3.8, 4) is 17.3 Å². The van der Waals surface area contributed by atoms with Gasteiger partial charge in [-0.25, -0.2) is 4.39 Å². The van der Waals surface area contributed by atoms with Gasteiger partial charge in [0.15, 0.2) is 5.82 Å². The minimum Gasteiger partial charge on any atom is -0.467 e. The zero-order chi connectivity index (χ0) is 28.1. The van der Waals surface area contributed by atoms with Crippen molar-refractivity contribution in [1.29, 1.82) is 0 Å². The highest BCUT2D eigenvalue weighted by Gasteiger charge is 2.31. The highest BCUT2D eigenvalue weighted by atomic mass is 35.5. The van der Waals surface area contributed by atoms with E-state index in [-0.39, 0.29) is 23.1 Å². The number of ether oxygens (including phenoxy) is 2. The molecule has 1 N–H and O–H groups in total. The van der Waals surface area contributed by atoms with E-state index >= 15 is 4.39 Å². The van der Waals surface area contributed by atoms with Crippen LogP contribution in [0, 0.1) is 5.82 Å². The summed E-state index contributed by atoms with van der Waals surface area (Å²) in [5, 5.41) is 4.33. The fourth-order valence-corrected chi connectivity index (χ4v) is 5.28. The van der Waals surface area contributed by atoms with Crippen molar-refractivity contribution in [2.75, 3.05) is 64.5 Å². The van der Waals surface area contributed by atoms with Crippen molar-refractivity contribution in [3.63, 3.8) is 0 Å². The number of aromatic nitrogens is 3. The Morgan fingerprint density at radius 2 is 2.02 bits per heavy atom. The summed E-state index contributed by atoms with van der Waals surface area (Å²) in [5.74, 6) is 0.287. The van der Waals surface area contributed by atoms with Crippen LogP contribution in [0.25, 0.3) is 22.2 Å². The number of benzene rings is 1. The largest absolute Gasteiger partial charge is 0.467 e. The number of rotatable bonds is 11. The number of hydrogen-bond acceptors (Lipinski definition) is 8. The van der Waals surface area contributed by atoms with E-state index in [4.69, 9.17) is 21.1 Å². The fourth-order valence-electron chi connectivity index (χ4n) is 4.95. The molecule has 2 fully saturated rings. The van der Waals surface area contributed by atoms with E-state index in [0.29, 0.717) is 73.6 Å². The molecule has 3 aromatic rings. The first-order valence-electron chi connectivity index (χ1n) is 13.7. The summed E-state index contributed by atoms with van der Waals surface area (Å²) in [6.45, 7) is 6.71. The molecule has 11 heteroatoms. The summed E-state index contributed by atoms with van der Waals surface area (Å²) in [5.41, 5.74) is 2.00. The number of amides is 1. The topological polar surface area (TPSA) is 92.7 Å². The Hall–Kier alpha value is -3.34. The molecule has 1 aromatic carbocycles. The predicted octanol–water partition coefficient (Wildman–Crippen LogP) is 4.20. The third-order valence-corrected chi connectivity index (χ3v) is 7.49. The van der Waals surface area contributed by atoms with Crippen LogP contribution in [0.5, 0.6) is 6.01 Å². The van der Waals surface area contributed by atoms with E-state index in [1.807, 2.05) is 36.1 Å². The van der Waals surface area contributed by atoms with Crippen LogP contribution >= 0.6 is 11.6 Å². The Labute approximate surface area is 238 Å². The van der Waals surface area contributed by atoms with E-state index in [1.165, 1.54) is 7.11 Å². The Morgan fingerprint density at radius 3 is 2.75 bits per heavy atom. The summed E-state index contributed by atoms with van der Waals surface area (Å²) >= 11 is 6.51. The number of nitrogens with one attached hydrogen (secondary N) is 1. The number of anilines is 1. The summed E-state index contributed by atoms with van der Waals surface area (Å²) in [6.07, 6.45) is 7.10. The quantitative estimate of drug-likeness (QED) is 0.272. The van der Waals surface area contributed by atoms with Crippen molar-refractivity contribution in [1.82, 2.24) is 25.2 Å². The van der Waals surface area contributed by atoms with Crippen LogP contribution in [0.4, 0.5) is 10.2 Å². The average molecular weight is 569 g/mol. The standard InChI is InChI=1S/C29H34ClFN6O3/c1-3-40-17-12-32-11-5-8-23(38)36-13-15-37(16-14-36)28-21-18-33-26(25(31)27(21)34-29(35-28)39-2)20-6-4-7-22(30)24(20)19-9-10-19/h4-8,18-19,32H,3,9-17H2,1-2H3/b8-5+. The van der Waals surface area contributed by atoms with Crippen molar-refractivity contribution in [2.24, 2.45) is 0 Å². The van der Waals surface area contributed by atoms with Crippen molar-refractivity contribution < 1.29 is 18.7 Å². The van der Waals surface area contributed by atoms with Crippen LogP contribution in [0.15, 0.2) is 36.5 Å². The molecule has 1 saturated carbocycles. The zero-order valence-electron chi connectivity index (χ0n) is 22.8. The second-order valence-electron chi connectivity index (χ2n) is 9.81. The molecule has 0 atom stereocenters. The average Bonchev–Trinajstić information content (AvgIpc) is 3.82. The summed E-state index contributed by atoms with van der Waals surface area (Å²) in [4.78, 5) is 29.9. The Morgan fingerprint density at radius 1 is 1.23 bits per heavy atom. The monoisotopic (exact) mass is 568 g/mol. The molecule has 5 rings (SSSR count). The molecule has 3 heterocycles. The molecule has 1 aliphatic heterocycles. The highest BCUT2D eigenvalue weighted by Crippen LogP contribution is 2.48. The van der Waals surface area contributed by atoms with Crippen LogP contribution in [-0.4, -0.2) is 85.4 Å². The molecular weight excluding hydrogens is 535 g/mol. The summed E-state index contributed by atoms with van der Waals surface area (Å²) in [7, 11) is 1.46. The van der Waals surface area contributed by atoms with Gasteiger partial charge in [-0.1, -0.05) is 29.8 Å². The van der Waals surface area contributed by atoms with Gasteiger partial charge in [0.1, 0.15) is 17.0 Å². The zero-order valence-corrected chi connectivity index (χ0v) is 23.6. The van der Waals surface area contributed by atoms with Gasteiger partial charge in [0.05, 0.1) is 19.1 Å². The number of carbonyl (C=O) groups excluding carboxylic acids is 1. The third-order valence-electron chi connectivity index (χ3n) is 7.16. The van der Waals surface area contributed by atoms with Crippen molar-refractivity contribution in [2.45, 2.75) is 25.7 Å². The molecule has 212 valence electrons. The molecule has 2 aliphatic rings. The lowest BCUT2D eigenvalue weighted by Gasteiger charge is -2.35. The molecule has 0 unspecified atom stereocenters. The van der Waals surface area contributed by atoms with Gasteiger partial charge in [-0.3, -0.25) is 9.78 Å². The first-order chi connectivity index (χ1) is 19.5. The lowest BCUT2D eigenvalue weighted by atomic mass is 9.99. The van der Waals surface area contributed by atoms with E-state index in [0.717, 1.165) is 24.9 Å². The fraction of sp³-hybridized carbons (Fsp3) is 0.448. The number of pyridine rings is 1. The Bertz CT molecular complexity index is 1390. The van der Waals surface area contributed by atoms with E-state index in [2.05, 4.69) is 20.3 Å². The van der Waals surface area contributed by atoms with Gasteiger partial charge in [-0.2, -0.15) is 9.97 Å². The third kappa shape index (κ3) is 6.19. The number of piperazine rings is 1. The summed E-state index contributed by atoms with van der Waals surface area (Å²) in [6, 6.07) is 5.58. The molecule has 0 bridgehead atoms. The smallest absolute Gasteiger partial charge is 0.318 e. The molecule has 0 radical (unpaired) electrons. The van der Waals surface area contributed by atoms with Crippen molar-refractivity contribution >= 4 is 34.2 Å². The van der Waals surface area contributed by atoms with E-state index in [1.54, 1.807) is 17.2 Å². The molecular formula is C29H34ClFN6O3. The predicted molar refractivity (Wildman–Crippen MR) is 154 cm³/mol. The minimum atomic E-state index is -0.530. The van der Waals surface area contributed by atoms with Crippen LogP contribution in [0.2, 0.25) is 5.02 Å². The van der Waals surface area contributed by atoms with E-state index < -0.39 is 5.82 Å². The number of halogens is 2. The van der Waals surface area contributed by atoms with Gasteiger partial charge in [0, 0.05) is 68.7 Å². The Balaban J connectivity index is 1.33. The molecule has 9 nitrogen and oxygen atoms in total. The van der Waals surface area contributed by atoms with Crippen LogP contribution < -0.4 is 15.0 Å². The minimum absolute atomic E-state index is 0.0401. The van der Waals surface area contributed by atoms with Crippen molar-refractivity contribution in [3.05, 3.63) is 53.0 Å². The van der Waals surface area contributed by atoms with Gasteiger partial charge in [-0.15, -0.1) is 0 Å². The van der Waals surface area contributed by atoms with Gasteiger partial charge < -0.3 is 24.6 Å². The molecule has 40 heavy (non-hydrogen) atoms. The number of hydrogen-bond donors (Lipinski definition) is 1. The number of nitrogens with zero attached hydrogens (tertiary/aromatic N) is 5. The molecule has 1 amide bonds. The Kier molecular flexibility index (Phi) is 9.08. The SMILES string of the molecule is CCOCCNC/C=C/C(=O)N1CCN(c2nc(OC)nc3c(F)c(-c4cccc(Cl)c4C4CC4)ncc23)CC1. The molecule has 1 aliphatic carbocycles. The number of fused-ring (bicyclic) bond motifs is 1. The van der Waals surface area contributed by atoms with E-state index in [9.17, 15) is 4.79 Å². The first-order valence-corrected chi connectivity index (χ1v) is 14.1. The molecule has 0 spiro atoms. The van der Waals surface area contributed by atoms with Gasteiger partial charge in [0.25, 0.3) is 0 Å². The van der Waals surface area contributed by atoms with Crippen LogP contribution in [-0.2, 0) is 9.53 Å². The second-order valence-corrected chi connectivity index (χ2v) is 10.2. The lowest BCUT2D eigenvalue weighted by Crippen LogP contribution is -2.48. The number of carbonyl (C=O) groups is 1. The maximum atomic E-state index is 16.1. The molecule has 2 aromatic heterocycles. The van der Waals surface area contributed by atoms with Gasteiger partial charge in [0.2, 0.25) is 5.91 Å². The molecule has 1 saturated heterocycles. The summed E-state index contributed by atoms with van der Waals surface area (Å²) < 4.78 is 26.7. The first kappa shape index (κ1) is 28.2. The second kappa shape index (κ2) is 12.9. The van der Waals surface area contributed by atoms with Crippen LogP contribution in [0.1, 0.15) is 31.2 Å². The van der Waals surface area contributed by atoms with Crippen LogP contribution in [0.3, 0.4) is 0 Å². The normalized spacial score (nSPS) is 15.8. The number of methoxy groups -OCH3 is 1. The lowest BCUT2D eigenvalue weighted by molar-refractivity contribution is -0.126.